The molecule has 1 aliphatic rings. The van der Waals surface area contributed by atoms with E-state index in [1.807, 2.05) is 4.90 Å². The minimum atomic E-state index is 0.0176. The van der Waals surface area contributed by atoms with E-state index in [4.69, 9.17) is 11.6 Å². The molecule has 0 aliphatic carbocycles. The van der Waals surface area contributed by atoms with Gasteiger partial charge in [0.1, 0.15) is 0 Å². The number of amides is 1. The summed E-state index contributed by atoms with van der Waals surface area (Å²) in [6.45, 7) is 2.01. The summed E-state index contributed by atoms with van der Waals surface area (Å²) in [5.41, 5.74) is 0.630. The van der Waals surface area contributed by atoms with Gasteiger partial charge in [0, 0.05) is 30.7 Å². The number of hydrogen-bond donors (Lipinski definition) is 0. The van der Waals surface area contributed by atoms with Crippen molar-refractivity contribution in [2.75, 3.05) is 33.2 Å². The Morgan fingerprint density at radius 3 is 2.56 bits per heavy atom. The smallest absolute Gasteiger partial charge is 0.236 e. The first-order valence-electron chi connectivity index (χ1n) is 5.81. The third-order valence-corrected chi connectivity index (χ3v) is 3.32. The molecule has 0 radical (unpaired) electrons. The predicted molar refractivity (Wildman–Crippen MR) is 69.9 cm³/mol. The normalized spacial score (nSPS) is 17.0. The molecule has 1 amide bonds. The predicted octanol–water partition coefficient (Wildman–Crippen LogP) is 1.30. The number of Topliss-reactive ketones (excluding diaryl/α,β-unsaturated/α-hetero) is 1. The maximum atomic E-state index is 12.0. The summed E-state index contributed by atoms with van der Waals surface area (Å²) in [5, 5.41) is 0.612. The molecule has 5 heteroatoms. The van der Waals surface area contributed by atoms with E-state index in [1.165, 1.54) is 0 Å². The number of hydrogen-bond acceptors (Lipinski definition) is 3. The lowest BCUT2D eigenvalue weighted by Crippen LogP contribution is -2.49. The van der Waals surface area contributed by atoms with Gasteiger partial charge in [-0.2, -0.15) is 0 Å². The van der Waals surface area contributed by atoms with Crippen LogP contribution in [-0.2, 0) is 4.79 Å². The molecule has 1 saturated heterocycles. The van der Waals surface area contributed by atoms with E-state index in [-0.39, 0.29) is 18.2 Å². The molecule has 4 nitrogen and oxygen atoms in total. The number of benzene rings is 1. The van der Waals surface area contributed by atoms with Crippen LogP contribution >= 0.6 is 11.6 Å². The maximum Gasteiger partial charge on any atom is 0.236 e. The first kappa shape index (κ1) is 13.1. The zero-order valence-electron chi connectivity index (χ0n) is 10.2. The third kappa shape index (κ3) is 3.09. The van der Waals surface area contributed by atoms with Gasteiger partial charge in [0.05, 0.1) is 13.1 Å². The van der Waals surface area contributed by atoms with Crippen LogP contribution in [0.3, 0.4) is 0 Å². The minimum Gasteiger partial charge on any atom is -0.343 e. The summed E-state index contributed by atoms with van der Waals surface area (Å²) in [4.78, 5) is 27.1. The number of halogens is 1. The van der Waals surface area contributed by atoms with E-state index in [0.29, 0.717) is 23.7 Å². The van der Waals surface area contributed by atoms with Crippen molar-refractivity contribution in [1.29, 1.82) is 0 Å². The van der Waals surface area contributed by atoms with Gasteiger partial charge >= 0.3 is 0 Å². The van der Waals surface area contributed by atoms with Gasteiger partial charge in [0.25, 0.3) is 0 Å². The Bertz CT molecular complexity index is 459. The third-order valence-electron chi connectivity index (χ3n) is 3.07. The molecule has 18 heavy (non-hydrogen) atoms. The van der Waals surface area contributed by atoms with Gasteiger partial charge in [0.2, 0.25) is 5.91 Å². The van der Waals surface area contributed by atoms with Gasteiger partial charge in [-0.15, -0.1) is 0 Å². The van der Waals surface area contributed by atoms with Gasteiger partial charge in [-0.05, 0) is 24.3 Å². The minimum absolute atomic E-state index is 0.0176. The topological polar surface area (TPSA) is 40.6 Å². The molecule has 0 saturated carbocycles. The van der Waals surface area contributed by atoms with Gasteiger partial charge in [0.15, 0.2) is 5.78 Å². The summed E-state index contributed by atoms with van der Waals surface area (Å²) in [6.07, 6.45) is 0. The maximum absolute atomic E-state index is 12.0. The molecule has 1 heterocycles. The molecule has 96 valence electrons. The van der Waals surface area contributed by atoms with Gasteiger partial charge in [-0.25, -0.2) is 0 Å². The van der Waals surface area contributed by atoms with Crippen LogP contribution in [0.15, 0.2) is 24.3 Å². The monoisotopic (exact) mass is 266 g/mol. The van der Waals surface area contributed by atoms with E-state index in [9.17, 15) is 9.59 Å². The molecule has 0 aromatic heterocycles. The van der Waals surface area contributed by atoms with Crippen molar-refractivity contribution in [3.8, 4) is 0 Å². The van der Waals surface area contributed by atoms with Crippen LogP contribution in [-0.4, -0.2) is 54.7 Å². The number of carbonyl (C=O) groups excluding carboxylic acids is 2. The van der Waals surface area contributed by atoms with E-state index >= 15 is 0 Å². The van der Waals surface area contributed by atoms with Gasteiger partial charge in [-0.3, -0.25) is 14.5 Å². The lowest BCUT2D eigenvalue weighted by Gasteiger charge is -2.31. The molecule has 1 aromatic carbocycles. The second-order valence-corrected chi connectivity index (χ2v) is 4.89. The molecule has 0 unspecified atom stereocenters. The Morgan fingerprint density at radius 1 is 1.28 bits per heavy atom. The molecule has 1 aliphatic heterocycles. The van der Waals surface area contributed by atoms with Crippen LogP contribution in [0.2, 0.25) is 5.02 Å². The number of likely N-dealkylation sites (N-methyl/N-ethyl adjacent to an activating group) is 1. The van der Waals surface area contributed by atoms with Crippen molar-refractivity contribution in [1.82, 2.24) is 9.80 Å². The van der Waals surface area contributed by atoms with Crippen LogP contribution in [0.5, 0.6) is 0 Å². The summed E-state index contributed by atoms with van der Waals surface area (Å²) >= 11 is 5.77. The summed E-state index contributed by atoms with van der Waals surface area (Å²) in [5.74, 6) is 0.0779. The Hall–Kier alpha value is -1.39. The fourth-order valence-corrected chi connectivity index (χ4v) is 2.00. The van der Waals surface area contributed by atoms with Crippen LogP contribution in [0, 0.1) is 0 Å². The zero-order chi connectivity index (χ0) is 13.1. The number of rotatable bonds is 3. The fourth-order valence-electron chi connectivity index (χ4n) is 1.87. The molecular weight excluding hydrogens is 252 g/mol. The Labute approximate surface area is 111 Å². The molecule has 0 atom stereocenters. The molecule has 1 aromatic rings. The van der Waals surface area contributed by atoms with Crippen LogP contribution in [0.4, 0.5) is 0 Å². The van der Waals surface area contributed by atoms with E-state index < -0.39 is 0 Å². The first-order chi connectivity index (χ1) is 8.56. The molecule has 0 N–H and O–H groups in total. The van der Waals surface area contributed by atoms with Crippen LogP contribution < -0.4 is 0 Å². The second kappa shape index (κ2) is 5.50. The van der Waals surface area contributed by atoms with Crippen molar-refractivity contribution in [2.24, 2.45) is 0 Å². The highest BCUT2D eigenvalue weighted by Gasteiger charge is 2.22. The number of piperazine rings is 1. The molecular formula is C13H15ClN2O2. The highest BCUT2D eigenvalue weighted by Crippen LogP contribution is 2.11. The Morgan fingerprint density at radius 2 is 1.94 bits per heavy atom. The molecule has 0 spiro atoms. The number of carbonyl (C=O) groups is 2. The average molecular weight is 267 g/mol. The summed E-state index contributed by atoms with van der Waals surface area (Å²) in [7, 11) is 1.78. The van der Waals surface area contributed by atoms with Crippen LogP contribution in [0.25, 0.3) is 0 Å². The molecule has 0 bridgehead atoms. The lowest BCUT2D eigenvalue weighted by molar-refractivity contribution is -0.134. The van der Waals surface area contributed by atoms with Crippen LogP contribution in [0.1, 0.15) is 10.4 Å². The Kier molecular flexibility index (Phi) is 3.99. The zero-order valence-corrected chi connectivity index (χ0v) is 11.0. The van der Waals surface area contributed by atoms with E-state index in [1.54, 1.807) is 36.2 Å². The number of ketones is 1. The highest BCUT2D eigenvalue weighted by atomic mass is 35.5. The average Bonchev–Trinajstić information content (AvgIpc) is 2.34. The van der Waals surface area contributed by atoms with Crippen molar-refractivity contribution >= 4 is 23.3 Å². The fraction of sp³-hybridized carbons (Fsp3) is 0.385. The van der Waals surface area contributed by atoms with Crippen molar-refractivity contribution < 1.29 is 9.59 Å². The molecule has 1 fully saturated rings. The second-order valence-electron chi connectivity index (χ2n) is 4.46. The van der Waals surface area contributed by atoms with Crippen molar-refractivity contribution in [3.63, 3.8) is 0 Å². The highest BCUT2D eigenvalue weighted by molar-refractivity contribution is 6.30. The van der Waals surface area contributed by atoms with E-state index in [0.717, 1.165) is 6.54 Å². The van der Waals surface area contributed by atoms with E-state index in [2.05, 4.69) is 0 Å². The summed E-state index contributed by atoms with van der Waals surface area (Å²) in [6, 6.07) is 6.82. The summed E-state index contributed by atoms with van der Waals surface area (Å²) < 4.78 is 0. The first-order valence-corrected chi connectivity index (χ1v) is 6.19. The van der Waals surface area contributed by atoms with Crippen molar-refractivity contribution in [3.05, 3.63) is 34.9 Å². The molecule has 2 rings (SSSR count). The standard InChI is InChI=1S/C13H15ClN2O2/c1-15-6-7-16(9-13(15)18)8-12(17)10-2-4-11(14)5-3-10/h2-5H,6-9H2,1H3. The SMILES string of the molecule is CN1CCN(CC(=O)c2ccc(Cl)cc2)CC1=O. The lowest BCUT2D eigenvalue weighted by atomic mass is 10.1. The quantitative estimate of drug-likeness (QED) is 0.775. The largest absolute Gasteiger partial charge is 0.343 e. The van der Waals surface area contributed by atoms with Crippen molar-refractivity contribution in [2.45, 2.75) is 0 Å². The Balaban J connectivity index is 1.95. The van der Waals surface area contributed by atoms with Gasteiger partial charge in [-0.1, -0.05) is 11.6 Å². The van der Waals surface area contributed by atoms with Gasteiger partial charge < -0.3 is 4.90 Å². The number of nitrogens with zero attached hydrogens (tertiary/aromatic N) is 2.